The molecule has 1 aromatic rings. The number of carbonyl (C=O) groups is 1. The van der Waals surface area contributed by atoms with Crippen LogP contribution in [0.1, 0.15) is 23.6 Å². The molecular formula is C10H13NO3. The summed E-state index contributed by atoms with van der Waals surface area (Å²) >= 11 is 0. The van der Waals surface area contributed by atoms with Gasteiger partial charge in [0.05, 0.1) is 6.42 Å². The number of aromatic hydroxyl groups is 1. The van der Waals surface area contributed by atoms with Crippen molar-refractivity contribution in [2.45, 2.75) is 19.4 Å². The number of phenolic OH excluding ortho intramolecular Hbond substituents is 1. The van der Waals surface area contributed by atoms with E-state index in [1.54, 1.807) is 12.1 Å². The third kappa shape index (κ3) is 2.47. The summed E-state index contributed by atoms with van der Waals surface area (Å²) in [5, 5.41) is 17.8. The minimum atomic E-state index is -0.944. The molecule has 4 nitrogen and oxygen atoms in total. The van der Waals surface area contributed by atoms with Crippen LogP contribution < -0.4 is 5.73 Å². The largest absolute Gasteiger partial charge is 0.508 e. The topological polar surface area (TPSA) is 83.5 Å². The van der Waals surface area contributed by atoms with Gasteiger partial charge in [-0.05, 0) is 30.2 Å². The third-order valence-electron chi connectivity index (χ3n) is 2.06. The van der Waals surface area contributed by atoms with Crippen LogP contribution >= 0.6 is 0 Å². The summed E-state index contributed by atoms with van der Waals surface area (Å²) in [4.78, 5) is 10.4. The Labute approximate surface area is 82.0 Å². The summed E-state index contributed by atoms with van der Waals surface area (Å²) in [6.07, 6.45) is -0.135. The van der Waals surface area contributed by atoms with Crippen LogP contribution in [0, 0.1) is 6.92 Å². The SMILES string of the molecule is Cc1ccc(O)cc1[C@@H](N)CC(=O)O. The quantitative estimate of drug-likeness (QED) is 0.676. The van der Waals surface area contributed by atoms with E-state index in [-0.39, 0.29) is 12.2 Å². The fraction of sp³-hybridized carbons (Fsp3) is 0.300. The van der Waals surface area contributed by atoms with Crippen LogP contribution in [0.3, 0.4) is 0 Å². The zero-order valence-corrected chi connectivity index (χ0v) is 7.90. The lowest BCUT2D eigenvalue weighted by Crippen LogP contribution is -2.15. The number of hydrogen-bond donors (Lipinski definition) is 3. The highest BCUT2D eigenvalue weighted by molar-refractivity contribution is 5.68. The Hall–Kier alpha value is -1.55. The molecule has 0 aromatic heterocycles. The van der Waals surface area contributed by atoms with Crippen molar-refractivity contribution in [2.24, 2.45) is 5.73 Å². The smallest absolute Gasteiger partial charge is 0.305 e. The van der Waals surface area contributed by atoms with Gasteiger partial charge < -0.3 is 15.9 Å². The molecule has 0 unspecified atom stereocenters. The molecular weight excluding hydrogens is 182 g/mol. The van der Waals surface area contributed by atoms with Gasteiger partial charge in [0.2, 0.25) is 0 Å². The van der Waals surface area contributed by atoms with Gasteiger partial charge in [-0.2, -0.15) is 0 Å². The highest BCUT2D eigenvalue weighted by atomic mass is 16.4. The fourth-order valence-corrected chi connectivity index (χ4v) is 1.33. The van der Waals surface area contributed by atoms with Crippen molar-refractivity contribution in [1.82, 2.24) is 0 Å². The lowest BCUT2D eigenvalue weighted by molar-refractivity contribution is -0.137. The minimum absolute atomic E-state index is 0.103. The Morgan fingerprint density at radius 1 is 1.57 bits per heavy atom. The highest BCUT2D eigenvalue weighted by Crippen LogP contribution is 2.22. The molecule has 1 atom stereocenters. The Bertz CT molecular complexity index is 349. The second kappa shape index (κ2) is 4.11. The number of nitrogens with two attached hydrogens (primary N) is 1. The van der Waals surface area contributed by atoms with E-state index in [0.29, 0.717) is 5.56 Å². The van der Waals surface area contributed by atoms with E-state index in [1.807, 2.05) is 6.92 Å². The average molecular weight is 195 g/mol. The molecule has 0 saturated heterocycles. The highest BCUT2D eigenvalue weighted by Gasteiger charge is 2.13. The van der Waals surface area contributed by atoms with Crippen LogP contribution in [0.2, 0.25) is 0 Å². The van der Waals surface area contributed by atoms with Crippen LogP contribution in [-0.2, 0) is 4.79 Å². The summed E-state index contributed by atoms with van der Waals surface area (Å²) in [5.41, 5.74) is 7.23. The van der Waals surface area contributed by atoms with Crippen LogP contribution in [0.15, 0.2) is 18.2 Å². The number of aliphatic carboxylic acids is 1. The number of hydrogen-bond acceptors (Lipinski definition) is 3. The van der Waals surface area contributed by atoms with Crippen LogP contribution in [0.5, 0.6) is 5.75 Å². The molecule has 0 saturated carbocycles. The first kappa shape index (κ1) is 10.5. The Balaban J connectivity index is 2.93. The van der Waals surface area contributed by atoms with Gasteiger partial charge in [-0.1, -0.05) is 6.07 Å². The first-order valence-electron chi connectivity index (χ1n) is 4.27. The predicted molar refractivity (Wildman–Crippen MR) is 52.0 cm³/mol. The van der Waals surface area contributed by atoms with Crippen molar-refractivity contribution in [2.75, 3.05) is 0 Å². The molecule has 0 aliphatic carbocycles. The zero-order chi connectivity index (χ0) is 10.7. The summed E-state index contributed by atoms with van der Waals surface area (Å²) in [7, 11) is 0. The van der Waals surface area contributed by atoms with E-state index in [1.165, 1.54) is 6.07 Å². The molecule has 14 heavy (non-hydrogen) atoms. The molecule has 0 aliphatic heterocycles. The van der Waals surface area contributed by atoms with E-state index in [0.717, 1.165) is 5.56 Å². The lowest BCUT2D eigenvalue weighted by Gasteiger charge is -2.12. The second-order valence-electron chi connectivity index (χ2n) is 3.25. The summed E-state index contributed by atoms with van der Waals surface area (Å²) < 4.78 is 0. The van der Waals surface area contributed by atoms with Gasteiger partial charge in [0.25, 0.3) is 0 Å². The fourth-order valence-electron chi connectivity index (χ4n) is 1.33. The number of benzene rings is 1. The van der Waals surface area contributed by atoms with Gasteiger partial charge >= 0.3 is 5.97 Å². The van der Waals surface area contributed by atoms with Crippen molar-refractivity contribution in [3.8, 4) is 5.75 Å². The molecule has 0 aliphatic rings. The Morgan fingerprint density at radius 3 is 2.79 bits per heavy atom. The molecule has 4 heteroatoms. The van der Waals surface area contributed by atoms with Crippen LogP contribution in [0.25, 0.3) is 0 Å². The van der Waals surface area contributed by atoms with Crippen molar-refractivity contribution in [1.29, 1.82) is 0 Å². The first-order valence-corrected chi connectivity index (χ1v) is 4.27. The average Bonchev–Trinajstić information content (AvgIpc) is 2.08. The summed E-state index contributed by atoms with van der Waals surface area (Å²) in [6, 6.07) is 4.20. The molecule has 0 amide bonds. The maximum Gasteiger partial charge on any atom is 0.305 e. The molecule has 0 radical (unpaired) electrons. The number of aryl methyl sites for hydroxylation is 1. The monoisotopic (exact) mass is 195 g/mol. The van der Waals surface area contributed by atoms with E-state index >= 15 is 0 Å². The van der Waals surface area contributed by atoms with Gasteiger partial charge in [-0.15, -0.1) is 0 Å². The van der Waals surface area contributed by atoms with Crippen LogP contribution in [0.4, 0.5) is 0 Å². The standard InChI is InChI=1S/C10H13NO3/c1-6-2-3-7(12)4-8(6)9(11)5-10(13)14/h2-4,9,12H,5,11H2,1H3,(H,13,14)/t9-/m0/s1. The minimum Gasteiger partial charge on any atom is -0.508 e. The van der Waals surface area contributed by atoms with Crippen molar-refractivity contribution < 1.29 is 15.0 Å². The lowest BCUT2D eigenvalue weighted by atomic mass is 9.99. The summed E-state index contributed by atoms with van der Waals surface area (Å²) in [5.74, 6) is -0.841. The van der Waals surface area contributed by atoms with Crippen molar-refractivity contribution >= 4 is 5.97 Å². The maximum atomic E-state index is 10.4. The first-order chi connectivity index (χ1) is 6.50. The molecule has 4 N–H and O–H groups in total. The Kier molecular flexibility index (Phi) is 3.09. The molecule has 76 valence electrons. The third-order valence-corrected chi connectivity index (χ3v) is 2.06. The summed E-state index contributed by atoms with van der Waals surface area (Å²) in [6.45, 7) is 1.83. The normalized spacial score (nSPS) is 12.4. The molecule has 1 rings (SSSR count). The van der Waals surface area contributed by atoms with E-state index < -0.39 is 12.0 Å². The number of rotatable bonds is 3. The van der Waals surface area contributed by atoms with Crippen molar-refractivity contribution in [3.05, 3.63) is 29.3 Å². The van der Waals surface area contributed by atoms with Gasteiger partial charge in [0.15, 0.2) is 0 Å². The second-order valence-corrected chi connectivity index (χ2v) is 3.25. The number of carboxylic acids is 1. The number of phenols is 1. The van der Waals surface area contributed by atoms with Gasteiger partial charge in [-0.25, -0.2) is 0 Å². The predicted octanol–water partition coefficient (Wildman–Crippen LogP) is 1.18. The molecule has 0 fully saturated rings. The zero-order valence-electron chi connectivity index (χ0n) is 7.90. The van der Waals surface area contributed by atoms with Gasteiger partial charge in [0, 0.05) is 6.04 Å². The van der Waals surface area contributed by atoms with Crippen molar-refractivity contribution in [3.63, 3.8) is 0 Å². The molecule has 0 spiro atoms. The molecule has 0 bridgehead atoms. The number of carboxylic acid groups (broad SMARTS) is 1. The van der Waals surface area contributed by atoms with E-state index in [4.69, 9.17) is 10.8 Å². The van der Waals surface area contributed by atoms with E-state index in [9.17, 15) is 9.90 Å². The van der Waals surface area contributed by atoms with Crippen LogP contribution in [-0.4, -0.2) is 16.2 Å². The molecule has 0 heterocycles. The van der Waals surface area contributed by atoms with E-state index in [2.05, 4.69) is 0 Å². The molecule has 1 aromatic carbocycles. The van der Waals surface area contributed by atoms with Gasteiger partial charge in [0.1, 0.15) is 5.75 Å². The maximum absolute atomic E-state index is 10.4. The van der Waals surface area contributed by atoms with Gasteiger partial charge in [-0.3, -0.25) is 4.79 Å². The Morgan fingerprint density at radius 2 is 2.21 bits per heavy atom.